The van der Waals surface area contributed by atoms with Crippen molar-refractivity contribution < 1.29 is 19.2 Å². The molecule has 1 fully saturated rings. The van der Waals surface area contributed by atoms with E-state index in [-0.39, 0.29) is 11.6 Å². The Morgan fingerprint density at radius 2 is 2.00 bits per heavy atom. The summed E-state index contributed by atoms with van der Waals surface area (Å²) >= 11 is 0. The van der Waals surface area contributed by atoms with Gasteiger partial charge in [-0.05, 0) is 12.8 Å². The van der Waals surface area contributed by atoms with Gasteiger partial charge in [0.1, 0.15) is 25.2 Å². The van der Waals surface area contributed by atoms with E-state index in [1.807, 2.05) is 4.90 Å². The predicted octanol–water partition coefficient (Wildman–Crippen LogP) is 1.78. The molecule has 21 heavy (non-hydrogen) atoms. The lowest BCUT2D eigenvalue weighted by atomic mass is 9.99. The Balaban J connectivity index is 1.99. The third-order valence-electron chi connectivity index (χ3n) is 3.83. The minimum absolute atomic E-state index is 0.00852. The normalized spacial score (nSPS) is 21.0. The number of nitro groups is 1. The highest BCUT2D eigenvalue weighted by atomic mass is 16.6. The molecule has 2 aliphatic rings. The number of carbonyl (C=O) groups excluding carboxylic acids is 1. The number of hydrogen-bond acceptors (Lipinski definition) is 6. The number of hydrogen-bond donors (Lipinski definition) is 0. The molecule has 0 saturated carbocycles. The van der Waals surface area contributed by atoms with E-state index in [1.54, 1.807) is 6.07 Å². The van der Waals surface area contributed by atoms with Crippen LogP contribution in [0, 0.1) is 16.0 Å². The summed E-state index contributed by atoms with van der Waals surface area (Å²) in [6, 6.07) is 3.06. The van der Waals surface area contributed by atoms with Gasteiger partial charge in [0.2, 0.25) is 0 Å². The Hall–Kier alpha value is -2.31. The Kier molecular flexibility index (Phi) is 3.64. The molecule has 7 nitrogen and oxygen atoms in total. The van der Waals surface area contributed by atoms with E-state index in [1.165, 1.54) is 6.07 Å². The summed E-state index contributed by atoms with van der Waals surface area (Å²) in [6.45, 7) is 2.02. The Morgan fingerprint density at radius 3 is 2.67 bits per heavy atom. The summed E-state index contributed by atoms with van der Waals surface area (Å²) in [6.07, 6.45) is 2.60. The van der Waals surface area contributed by atoms with Crippen molar-refractivity contribution in [1.29, 1.82) is 0 Å². The fraction of sp³-hybridized carbons (Fsp3) is 0.500. The van der Waals surface area contributed by atoms with Crippen LogP contribution in [0.2, 0.25) is 0 Å². The van der Waals surface area contributed by atoms with Crippen LogP contribution in [-0.2, 0) is 4.79 Å². The number of anilines is 1. The highest BCUT2D eigenvalue weighted by molar-refractivity contribution is 5.71. The monoisotopic (exact) mass is 292 g/mol. The van der Waals surface area contributed by atoms with Gasteiger partial charge in [0.05, 0.1) is 11.0 Å². The number of nitro benzene ring substituents is 1. The minimum Gasteiger partial charge on any atom is -0.486 e. The van der Waals surface area contributed by atoms with E-state index in [9.17, 15) is 14.9 Å². The molecule has 1 unspecified atom stereocenters. The molecule has 1 aromatic carbocycles. The smallest absolute Gasteiger partial charge is 0.296 e. The molecular formula is C14H16N2O5. The first-order chi connectivity index (χ1) is 10.2. The predicted molar refractivity (Wildman–Crippen MR) is 75.1 cm³/mol. The number of piperidine rings is 1. The van der Waals surface area contributed by atoms with Gasteiger partial charge in [-0.1, -0.05) is 0 Å². The lowest BCUT2D eigenvalue weighted by Crippen LogP contribution is -2.36. The molecule has 2 aliphatic heterocycles. The van der Waals surface area contributed by atoms with Gasteiger partial charge in [-0.15, -0.1) is 0 Å². The second-order valence-corrected chi connectivity index (χ2v) is 5.23. The Labute approximate surface area is 121 Å². The van der Waals surface area contributed by atoms with Crippen molar-refractivity contribution >= 4 is 17.7 Å². The summed E-state index contributed by atoms with van der Waals surface area (Å²) in [5.74, 6) is 0.849. The van der Waals surface area contributed by atoms with Gasteiger partial charge in [0.15, 0.2) is 11.5 Å². The van der Waals surface area contributed by atoms with Gasteiger partial charge < -0.3 is 19.2 Å². The van der Waals surface area contributed by atoms with E-state index in [0.717, 1.165) is 19.1 Å². The highest BCUT2D eigenvalue weighted by Crippen LogP contribution is 2.41. The topological polar surface area (TPSA) is 81.9 Å². The van der Waals surface area contributed by atoms with Gasteiger partial charge in [-0.25, -0.2) is 0 Å². The maximum atomic E-state index is 11.3. The molecule has 0 radical (unpaired) electrons. The van der Waals surface area contributed by atoms with E-state index in [0.29, 0.717) is 43.5 Å². The summed E-state index contributed by atoms with van der Waals surface area (Å²) in [7, 11) is 0. The summed E-state index contributed by atoms with van der Waals surface area (Å²) < 4.78 is 10.9. The zero-order valence-electron chi connectivity index (χ0n) is 11.5. The molecule has 1 aromatic rings. The molecule has 0 aliphatic carbocycles. The first-order valence-electron chi connectivity index (χ1n) is 6.97. The SMILES string of the molecule is O=CC1CCCN(c2cc3c(cc2[N+](=O)[O-])OCCO3)C1. The van der Waals surface area contributed by atoms with E-state index in [4.69, 9.17) is 9.47 Å². The van der Waals surface area contributed by atoms with Crippen LogP contribution in [0.3, 0.4) is 0 Å². The fourth-order valence-corrected chi connectivity index (χ4v) is 2.81. The lowest BCUT2D eigenvalue weighted by Gasteiger charge is -2.32. The number of nitrogens with zero attached hydrogens (tertiary/aromatic N) is 2. The van der Waals surface area contributed by atoms with E-state index in [2.05, 4.69) is 0 Å². The standard InChI is InChI=1S/C14H16N2O5/c17-9-10-2-1-3-15(8-10)11-6-13-14(21-5-4-20-13)7-12(11)16(18)19/h6-7,9-10H,1-5,8H2. The van der Waals surface area contributed by atoms with Crippen LogP contribution in [0.25, 0.3) is 0 Å². The van der Waals surface area contributed by atoms with Crippen LogP contribution in [0.15, 0.2) is 12.1 Å². The molecule has 2 heterocycles. The van der Waals surface area contributed by atoms with Gasteiger partial charge >= 0.3 is 0 Å². The maximum absolute atomic E-state index is 11.3. The van der Waals surface area contributed by atoms with Crippen LogP contribution in [0.5, 0.6) is 11.5 Å². The van der Waals surface area contributed by atoms with Crippen LogP contribution in [0.4, 0.5) is 11.4 Å². The first-order valence-corrected chi connectivity index (χ1v) is 6.97. The molecule has 1 saturated heterocycles. The largest absolute Gasteiger partial charge is 0.486 e. The van der Waals surface area contributed by atoms with Crippen LogP contribution >= 0.6 is 0 Å². The Morgan fingerprint density at radius 1 is 1.29 bits per heavy atom. The number of rotatable bonds is 3. The molecule has 0 bridgehead atoms. The third kappa shape index (κ3) is 2.63. The summed E-state index contributed by atoms with van der Waals surface area (Å²) in [5.41, 5.74) is 0.488. The van der Waals surface area contributed by atoms with E-state index < -0.39 is 4.92 Å². The van der Waals surface area contributed by atoms with Gasteiger partial charge in [0, 0.05) is 25.1 Å². The number of carbonyl (C=O) groups is 1. The zero-order valence-corrected chi connectivity index (χ0v) is 11.5. The van der Waals surface area contributed by atoms with Crippen molar-refractivity contribution in [3.8, 4) is 11.5 Å². The average Bonchev–Trinajstić information content (AvgIpc) is 2.53. The first kappa shape index (κ1) is 13.7. The quantitative estimate of drug-likeness (QED) is 0.480. The summed E-state index contributed by atoms with van der Waals surface area (Å²) in [4.78, 5) is 23.8. The zero-order chi connectivity index (χ0) is 14.8. The van der Waals surface area contributed by atoms with Crippen molar-refractivity contribution in [2.24, 2.45) is 5.92 Å². The molecule has 7 heteroatoms. The highest BCUT2D eigenvalue weighted by Gasteiger charge is 2.28. The van der Waals surface area contributed by atoms with Crippen LogP contribution in [-0.4, -0.2) is 37.5 Å². The van der Waals surface area contributed by atoms with Crippen LogP contribution < -0.4 is 14.4 Å². The van der Waals surface area contributed by atoms with Gasteiger partial charge in [0.25, 0.3) is 5.69 Å². The molecule has 0 spiro atoms. The number of benzene rings is 1. The molecule has 0 N–H and O–H groups in total. The second kappa shape index (κ2) is 5.59. The van der Waals surface area contributed by atoms with Gasteiger partial charge in [-0.2, -0.15) is 0 Å². The van der Waals surface area contributed by atoms with Crippen molar-refractivity contribution in [1.82, 2.24) is 0 Å². The molecule has 0 amide bonds. The minimum atomic E-state index is -0.419. The van der Waals surface area contributed by atoms with E-state index >= 15 is 0 Å². The summed E-state index contributed by atoms with van der Waals surface area (Å²) in [5, 5.41) is 11.3. The maximum Gasteiger partial charge on any atom is 0.296 e. The lowest BCUT2D eigenvalue weighted by molar-refractivity contribution is -0.384. The molecule has 1 atom stereocenters. The Bertz CT molecular complexity index is 575. The number of fused-ring (bicyclic) bond motifs is 1. The second-order valence-electron chi connectivity index (χ2n) is 5.23. The average molecular weight is 292 g/mol. The van der Waals surface area contributed by atoms with Crippen LogP contribution in [0.1, 0.15) is 12.8 Å². The molecule has 112 valence electrons. The third-order valence-corrected chi connectivity index (χ3v) is 3.83. The van der Waals surface area contributed by atoms with Crippen molar-refractivity contribution in [2.75, 3.05) is 31.2 Å². The van der Waals surface area contributed by atoms with Crippen molar-refractivity contribution in [3.63, 3.8) is 0 Å². The molecular weight excluding hydrogens is 276 g/mol. The molecule has 3 rings (SSSR count). The molecule has 0 aromatic heterocycles. The van der Waals surface area contributed by atoms with Gasteiger partial charge in [-0.3, -0.25) is 10.1 Å². The van der Waals surface area contributed by atoms with Crippen molar-refractivity contribution in [3.05, 3.63) is 22.2 Å². The van der Waals surface area contributed by atoms with Crippen molar-refractivity contribution in [2.45, 2.75) is 12.8 Å². The fourth-order valence-electron chi connectivity index (χ4n) is 2.81. The number of ether oxygens (including phenoxy) is 2. The number of aldehydes is 1.